The van der Waals surface area contributed by atoms with Gasteiger partial charge in [-0.2, -0.15) is 0 Å². The number of nitrogens with zero attached hydrogens (tertiary/aromatic N) is 4. The molecule has 2 aromatic carbocycles. The van der Waals surface area contributed by atoms with Gasteiger partial charge in [0.15, 0.2) is 0 Å². The maximum Gasteiger partial charge on any atom is 0.229 e. The molecule has 3 aromatic rings. The van der Waals surface area contributed by atoms with Crippen LogP contribution in [-0.2, 0) is 18.4 Å². The van der Waals surface area contributed by atoms with Crippen molar-refractivity contribution in [1.82, 2.24) is 15.0 Å². The molecule has 5 heteroatoms. The van der Waals surface area contributed by atoms with Crippen molar-refractivity contribution in [2.45, 2.75) is 34.2 Å². The fraction of sp³-hybridized carbons (Fsp3) is 0.318. The topological polar surface area (TPSA) is 51.0 Å². The maximum atomic E-state index is 13.0. The van der Waals surface area contributed by atoms with Crippen LogP contribution in [0.25, 0.3) is 22.5 Å². The van der Waals surface area contributed by atoms with E-state index in [-0.39, 0.29) is 11.8 Å². The Bertz CT molecular complexity index is 958. The highest BCUT2D eigenvalue weighted by Gasteiger charge is 2.29. The second-order valence-corrected chi connectivity index (χ2v) is 6.66. The van der Waals surface area contributed by atoms with Crippen molar-refractivity contribution in [1.29, 1.82) is 0 Å². The fourth-order valence-electron chi connectivity index (χ4n) is 3.40. The summed E-state index contributed by atoms with van der Waals surface area (Å²) in [6.07, 6.45) is 0. The normalized spacial score (nSPS) is 12.1. The molecule has 0 fully saturated rings. The number of aromatic nitrogens is 3. The number of benzene rings is 2. The molecule has 1 aliphatic rings. The standard InChI is InChI=1S/C20H20N4O.C2H6/c1-13(2)20(25)24-12-14-8-4-5-9-15(14)18-19(23(3)22-21-18)16-10-6-7-11-17(16)24;1-2/h4-11,13H,12H2,1-3H3;1-2H3. The molecular weight excluding hydrogens is 336 g/mol. The lowest BCUT2D eigenvalue weighted by atomic mass is 9.95. The van der Waals surface area contributed by atoms with E-state index >= 15 is 0 Å². The van der Waals surface area contributed by atoms with Gasteiger partial charge in [-0.3, -0.25) is 4.79 Å². The largest absolute Gasteiger partial charge is 0.307 e. The predicted octanol–water partition coefficient (Wildman–Crippen LogP) is 4.68. The molecule has 0 bridgehead atoms. The molecule has 0 aliphatic carbocycles. The minimum atomic E-state index is -0.0798. The molecule has 0 unspecified atom stereocenters. The highest BCUT2D eigenvalue weighted by Crippen LogP contribution is 2.40. The van der Waals surface area contributed by atoms with Gasteiger partial charge in [-0.15, -0.1) is 5.10 Å². The Morgan fingerprint density at radius 1 is 1.00 bits per heavy atom. The van der Waals surface area contributed by atoms with Crippen LogP contribution < -0.4 is 4.90 Å². The number of para-hydroxylation sites is 1. The summed E-state index contributed by atoms with van der Waals surface area (Å²) in [5.74, 6) is 0.0320. The average Bonchev–Trinajstić information content (AvgIpc) is 3.07. The monoisotopic (exact) mass is 362 g/mol. The first-order chi connectivity index (χ1) is 13.1. The summed E-state index contributed by atoms with van der Waals surface area (Å²) < 4.78 is 1.79. The minimum absolute atomic E-state index is 0.0798. The van der Waals surface area contributed by atoms with Gasteiger partial charge in [-0.05, 0) is 11.6 Å². The molecule has 2 heterocycles. The molecule has 140 valence electrons. The predicted molar refractivity (Wildman–Crippen MR) is 109 cm³/mol. The van der Waals surface area contributed by atoms with Gasteiger partial charge in [0, 0.05) is 24.1 Å². The molecule has 1 amide bonds. The second-order valence-electron chi connectivity index (χ2n) is 6.66. The molecule has 0 spiro atoms. The quantitative estimate of drug-likeness (QED) is 0.632. The third-order valence-corrected chi connectivity index (χ3v) is 4.64. The van der Waals surface area contributed by atoms with Crippen LogP contribution in [0.1, 0.15) is 33.3 Å². The van der Waals surface area contributed by atoms with Crippen molar-refractivity contribution in [2.75, 3.05) is 4.90 Å². The van der Waals surface area contributed by atoms with Crippen LogP contribution in [0.5, 0.6) is 0 Å². The summed E-state index contributed by atoms with van der Waals surface area (Å²) in [5.41, 5.74) is 5.79. The lowest BCUT2D eigenvalue weighted by molar-refractivity contribution is -0.121. The number of anilines is 1. The molecule has 0 saturated heterocycles. The van der Waals surface area contributed by atoms with Crippen LogP contribution in [0, 0.1) is 5.92 Å². The molecule has 27 heavy (non-hydrogen) atoms. The zero-order valence-electron chi connectivity index (χ0n) is 16.6. The van der Waals surface area contributed by atoms with Crippen LogP contribution in [0.15, 0.2) is 48.5 Å². The summed E-state index contributed by atoms with van der Waals surface area (Å²) in [4.78, 5) is 14.8. The first-order valence-electron chi connectivity index (χ1n) is 9.46. The number of carbonyl (C=O) groups is 1. The van der Waals surface area contributed by atoms with Crippen LogP contribution in [0.3, 0.4) is 0 Å². The zero-order chi connectivity index (χ0) is 19.6. The number of hydrogen-bond acceptors (Lipinski definition) is 3. The van der Waals surface area contributed by atoms with E-state index in [1.165, 1.54) is 0 Å². The SMILES string of the molecule is CC.CC(C)C(=O)N1Cc2ccccc2-c2nnn(C)c2-c2ccccc21. The Hall–Kier alpha value is -2.95. The van der Waals surface area contributed by atoms with Crippen molar-refractivity contribution in [3.63, 3.8) is 0 Å². The van der Waals surface area contributed by atoms with Gasteiger partial charge < -0.3 is 4.90 Å². The van der Waals surface area contributed by atoms with Gasteiger partial charge in [-0.1, -0.05) is 75.4 Å². The molecule has 4 rings (SSSR count). The van der Waals surface area contributed by atoms with Crippen LogP contribution in [0.4, 0.5) is 5.69 Å². The van der Waals surface area contributed by atoms with Gasteiger partial charge >= 0.3 is 0 Å². The first kappa shape index (κ1) is 18.8. The summed E-state index contributed by atoms with van der Waals surface area (Å²) in [6, 6.07) is 16.1. The van der Waals surface area contributed by atoms with Crippen molar-refractivity contribution in [2.24, 2.45) is 13.0 Å². The van der Waals surface area contributed by atoms with E-state index in [1.807, 2.05) is 76.0 Å². The van der Waals surface area contributed by atoms with E-state index in [2.05, 4.69) is 22.4 Å². The number of carbonyl (C=O) groups excluding carboxylic acids is 1. The molecule has 0 N–H and O–H groups in total. The molecule has 1 aromatic heterocycles. The van der Waals surface area contributed by atoms with Crippen molar-refractivity contribution >= 4 is 11.6 Å². The second kappa shape index (κ2) is 7.74. The van der Waals surface area contributed by atoms with E-state index in [1.54, 1.807) is 4.68 Å². The Balaban J connectivity index is 0.00000102. The number of amides is 1. The van der Waals surface area contributed by atoms with Gasteiger partial charge in [-0.25, -0.2) is 4.68 Å². The van der Waals surface area contributed by atoms with Gasteiger partial charge in [0.1, 0.15) is 5.69 Å². The van der Waals surface area contributed by atoms with Crippen molar-refractivity contribution < 1.29 is 4.79 Å². The number of fused-ring (bicyclic) bond motifs is 5. The summed E-state index contributed by atoms with van der Waals surface area (Å²) >= 11 is 0. The van der Waals surface area contributed by atoms with Gasteiger partial charge in [0.25, 0.3) is 0 Å². The molecular formula is C22H26N4O. The Morgan fingerprint density at radius 2 is 1.63 bits per heavy atom. The van der Waals surface area contributed by atoms with Gasteiger partial charge in [0.2, 0.25) is 5.91 Å². The number of rotatable bonds is 1. The Kier molecular flexibility index (Phi) is 5.40. The van der Waals surface area contributed by atoms with Crippen molar-refractivity contribution in [3.05, 3.63) is 54.1 Å². The average molecular weight is 362 g/mol. The van der Waals surface area contributed by atoms with E-state index in [0.29, 0.717) is 6.54 Å². The Labute approximate surface area is 160 Å². The highest BCUT2D eigenvalue weighted by atomic mass is 16.2. The van der Waals surface area contributed by atoms with Crippen molar-refractivity contribution in [3.8, 4) is 22.5 Å². The maximum absolute atomic E-state index is 13.0. The third-order valence-electron chi connectivity index (χ3n) is 4.64. The Morgan fingerprint density at radius 3 is 2.33 bits per heavy atom. The number of aryl methyl sites for hydroxylation is 1. The minimum Gasteiger partial charge on any atom is -0.307 e. The van der Waals surface area contributed by atoms with E-state index in [0.717, 1.165) is 33.8 Å². The third kappa shape index (κ3) is 3.25. The van der Waals surface area contributed by atoms with Crippen LogP contribution in [0.2, 0.25) is 0 Å². The van der Waals surface area contributed by atoms with Gasteiger partial charge in [0.05, 0.1) is 17.9 Å². The smallest absolute Gasteiger partial charge is 0.229 e. The molecule has 0 saturated carbocycles. The van der Waals surface area contributed by atoms with E-state index < -0.39 is 0 Å². The van der Waals surface area contributed by atoms with E-state index in [9.17, 15) is 4.79 Å². The highest BCUT2D eigenvalue weighted by molar-refractivity contribution is 6.00. The first-order valence-corrected chi connectivity index (χ1v) is 9.46. The molecule has 0 atom stereocenters. The summed E-state index contributed by atoms with van der Waals surface area (Å²) in [7, 11) is 1.89. The van der Waals surface area contributed by atoms with Crippen LogP contribution in [-0.4, -0.2) is 20.9 Å². The van der Waals surface area contributed by atoms with Crippen LogP contribution >= 0.6 is 0 Å². The lowest BCUT2D eigenvalue weighted by Gasteiger charge is -2.29. The summed E-state index contributed by atoms with van der Waals surface area (Å²) in [5, 5.41) is 8.66. The lowest BCUT2D eigenvalue weighted by Crippen LogP contribution is -2.34. The number of hydrogen-bond donors (Lipinski definition) is 0. The zero-order valence-corrected chi connectivity index (χ0v) is 16.6. The molecule has 1 aliphatic heterocycles. The summed E-state index contributed by atoms with van der Waals surface area (Å²) in [6.45, 7) is 8.40. The van der Waals surface area contributed by atoms with E-state index in [4.69, 9.17) is 0 Å². The molecule has 5 nitrogen and oxygen atoms in total. The fourth-order valence-corrected chi connectivity index (χ4v) is 3.40. The molecule has 0 radical (unpaired) electrons.